The Hall–Kier alpha value is -0.120. The number of rotatable bonds is 6. The first kappa shape index (κ1) is 16.3. The Bertz CT molecular complexity index is 272. The van der Waals surface area contributed by atoms with Crippen LogP contribution in [-0.4, -0.2) is 48.5 Å². The van der Waals surface area contributed by atoms with E-state index in [1.165, 1.54) is 38.6 Å². The van der Waals surface area contributed by atoms with Crippen LogP contribution in [0.25, 0.3) is 0 Å². The fourth-order valence-electron chi connectivity index (χ4n) is 3.84. The zero-order chi connectivity index (χ0) is 14.4. The fourth-order valence-corrected chi connectivity index (χ4v) is 3.84. The molecule has 0 aromatic rings. The molecule has 3 heteroatoms. The van der Waals surface area contributed by atoms with Crippen molar-refractivity contribution in [2.45, 2.75) is 71.0 Å². The lowest BCUT2D eigenvalue weighted by Crippen LogP contribution is -2.45. The zero-order valence-electron chi connectivity index (χ0n) is 13.4. The van der Waals surface area contributed by atoms with Crippen LogP contribution in [0.2, 0.25) is 0 Å². The first-order valence-corrected chi connectivity index (χ1v) is 8.74. The molecular weight excluding hydrogens is 250 g/mol. The summed E-state index contributed by atoms with van der Waals surface area (Å²) in [6, 6.07) is 0. The first-order chi connectivity index (χ1) is 9.72. The molecule has 4 unspecified atom stereocenters. The van der Waals surface area contributed by atoms with Crippen LogP contribution in [0.3, 0.4) is 0 Å². The molecule has 0 aromatic heterocycles. The Morgan fingerprint density at radius 1 is 1.20 bits per heavy atom. The third-order valence-electron chi connectivity index (χ3n) is 5.14. The molecule has 0 radical (unpaired) electrons. The summed E-state index contributed by atoms with van der Waals surface area (Å²) in [5, 5.41) is 10.3. The van der Waals surface area contributed by atoms with E-state index in [2.05, 4.69) is 18.7 Å². The third kappa shape index (κ3) is 4.71. The monoisotopic (exact) mass is 283 g/mol. The molecule has 0 bridgehead atoms. The second-order valence-corrected chi connectivity index (χ2v) is 6.81. The molecule has 1 saturated carbocycles. The molecule has 1 heterocycles. The van der Waals surface area contributed by atoms with Crippen molar-refractivity contribution >= 4 is 0 Å². The smallest absolute Gasteiger partial charge is 0.0702 e. The molecule has 1 aliphatic heterocycles. The van der Waals surface area contributed by atoms with E-state index in [1.54, 1.807) is 0 Å². The van der Waals surface area contributed by atoms with E-state index in [0.717, 1.165) is 38.5 Å². The topological polar surface area (TPSA) is 32.7 Å². The summed E-state index contributed by atoms with van der Waals surface area (Å²) < 4.78 is 5.92. The molecule has 3 nitrogen and oxygen atoms in total. The molecule has 1 N–H and O–H groups in total. The van der Waals surface area contributed by atoms with Gasteiger partial charge in [0.25, 0.3) is 0 Å². The van der Waals surface area contributed by atoms with Crippen LogP contribution < -0.4 is 0 Å². The van der Waals surface area contributed by atoms with Gasteiger partial charge in [0.1, 0.15) is 0 Å². The number of likely N-dealkylation sites (tertiary alicyclic amines) is 1. The normalized spacial score (nSPS) is 36.1. The Balaban J connectivity index is 1.78. The van der Waals surface area contributed by atoms with Crippen LogP contribution >= 0.6 is 0 Å². The van der Waals surface area contributed by atoms with E-state index in [9.17, 15) is 5.11 Å². The highest BCUT2D eigenvalue weighted by Gasteiger charge is 2.31. The number of aliphatic hydroxyl groups is 1. The summed E-state index contributed by atoms with van der Waals surface area (Å²) in [5.74, 6) is 1.32. The minimum atomic E-state index is -0.0743. The van der Waals surface area contributed by atoms with E-state index >= 15 is 0 Å². The number of piperidine rings is 1. The lowest BCUT2D eigenvalue weighted by Gasteiger charge is -2.39. The largest absolute Gasteiger partial charge is 0.393 e. The molecule has 2 aliphatic rings. The van der Waals surface area contributed by atoms with Crippen molar-refractivity contribution in [3.63, 3.8) is 0 Å². The lowest BCUT2D eigenvalue weighted by atomic mass is 9.78. The Kier molecular flexibility index (Phi) is 6.79. The highest BCUT2D eigenvalue weighted by molar-refractivity contribution is 4.83. The number of nitrogens with zero attached hydrogens (tertiary/aromatic N) is 1. The average molecular weight is 283 g/mol. The molecule has 2 rings (SSSR count). The molecule has 0 amide bonds. The molecule has 0 aromatic carbocycles. The van der Waals surface area contributed by atoms with Gasteiger partial charge in [-0.3, -0.25) is 0 Å². The van der Waals surface area contributed by atoms with Crippen LogP contribution in [0.5, 0.6) is 0 Å². The Labute approximate surface area is 124 Å². The number of aliphatic hydroxyl groups excluding tert-OH is 1. The molecule has 2 fully saturated rings. The van der Waals surface area contributed by atoms with Crippen molar-refractivity contribution in [2.75, 3.05) is 26.2 Å². The molecule has 1 aliphatic carbocycles. The van der Waals surface area contributed by atoms with Crippen molar-refractivity contribution in [2.24, 2.45) is 11.8 Å². The predicted octanol–water partition coefficient (Wildman–Crippen LogP) is 3.06. The van der Waals surface area contributed by atoms with Gasteiger partial charge in [-0.05, 0) is 56.9 Å². The van der Waals surface area contributed by atoms with E-state index < -0.39 is 0 Å². The molecule has 4 atom stereocenters. The minimum Gasteiger partial charge on any atom is -0.393 e. The Morgan fingerprint density at radius 3 is 2.80 bits per heavy atom. The summed E-state index contributed by atoms with van der Waals surface area (Å²) in [4.78, 5) is 2.54. The van der Waals surface area contributed by atoms with Gasteiger partial charge in [0.05, 0.1) is 12.2 Å². The van der Waals surface area contributed by atoms with Crippen molar-refractivity contribution in [1.82, 2.24) is 4.90 Å². The van der Waals surface area contributed by atoms with Gasteiger partial charge >= 0.3 is 0 Å². The van der Waals surface area contributed by atoms with Gasteiger partial charge in [-0.15, -0.1) is 0 Å². The van der Waals surface area contributed by atoms with E-state index in [-0.39, 0.29) is 6.10 Å². The van der Waals surface area contributed by atoms with Crippen LogP contribution in [0, 0.1) is 11.8 Å². The average Bonchev–Trinajstić information content (AvgIpc) is 2.48. The summed E-state index contributed by atoms with van der Waals surface area (Å²) in [7, 11) is 0. The van der Waals surface area contributed by atoms with Crippen molar-refractivity contribution in [1.29, 1.82) is 0 Å². The second kappa shape index (κ2) is 8.35. The van der Waals surface area contributed by atoms with Gasteiger partial charge in [0, 0.05) is 19.7 Å². The van der Waals surface area contributed by atoms with Crippen LogP contribution in [0.4, 0.5) is 0 Å². The van der Waals surface area contributed by atoms with Gasteiger partial charge in [-0.1, -0.05) is 20.3 Å². The lowest BCUT2D eigenvalue weighted by molar-refractivity contribution is -0.0226. The molecule has 0 spiro atoms. The molecular formula is C17H33NO2. The number of hydrogen-bond donors (Lipinski definition) is 1. The summed E-state index contributed by atoms with van der Waals surface area (Å²) in [6.07, 6.45) is 8.62. The van der Waals surface area contributed by atoms with Gasteiger partial charge in [-0.2, -0.15) is 0 Å². The quantitative estimate of drug-likeness (QED) is 0.813. The first-order valence-electron chi connectivity index (χ1n) is 8.74. The van der Waals surface area contributed by atoms with E-state index in [4.69, 9.17) is 4.74 Å². The summed E-state index contributed by atoms with van der Waals surface area (Å²) >= 11 is 0. The molecule has 1 saturated heterocycles. The van der Waals surface area contributed by atoms with Crippen LogP contribution in [0.15, 0.2) is 0 Å². The zero-order valence-corrected chi connectivity index (χ0v) is 13.4. The maximum atomic E-state index is 10.3. The summed E-state index contributed by atoms with van der Waals surface area (Å²) in [6.45, 7) is 8.68. The maximum Gasteiger partial charge on any atom is 0.0702 e. The predicted molar refractivity (Wildman–Crippen MR) is 82.8 cm³/mol. The number of hydrogen-bond acceptors (Lipinski definition) is 3. The standard InChI is InChI=1S/C17H33NO2/c1-3-10-20-16-6-5-9-18(13-16)12-15-11-14(4-2)7-8-17(15)19/h14-17,19H,3-13H2,1-2H3. The SMILES string of the molecule is CCCOC1CCCN(CC2CC(CC)CCC2O)C1. The summed E-state index contributed by atoms with van der Waals surface area (Å²) in [5.41, 5.74) is 0. The maximum absolute atomic E-state index is 10.3. The highest BCUT2D eigenvalue weighted by Crippen LogP contribution is 2.32. The fraction of sp³-hybridized carbons (Fsp3) is 1.00. The van der Waals surface area contributed by atoms with Crippen molar-refractivity contribution in [3.8, 4) is 0 Å². The Morgan fingerprint density at radius 2 is 2.05 bits per heavy atom. The van der Waals surface area contributed by atoms with Crippen molar-refractivity contribution in [3.05, 3.63) is 0 Å². The van der Waals surface area contributed by atoms with Gasteiger partial charge < -0.3 is 14.7 Å². The highest BCUT2D eigenvalue weighted by atomic mass is 16.5. The van der Waals surface area contributed by atoms with E-state index in [1.807, 2.05) is 0 Å². The van der Waals surface area contributed by atoms with Crippen LogP contribution in [0.1, 0.15) is 58.8 Å². The van der Waals surface area contributed by atoms with Gasteiger partial charge in [0.2, 0.25) is 0 Å². The van der Waals surface area contributed by atoms with Gasteiger partial charge in [0.15, 0.2) is 0 Å². The van der Waals surface area contributed by atoms with E-state index in [0.29, 0.717) is 12.0 Å². The second-order valence-electron chi connectivity index (χ2n) is 6.81. The van der Waals surface area contributed by atoms with Crippen LogP contribution in [-0.2, 0) is 4.74 Å². The van der Waals surface area contributed by atoms with Gasteiger partial charge in [-0.25, -0.2) is 0 Å². The minimum absolute atomic E-state index is 0.0743. The third-order valence-corrected chi connectivity index (χ3v) is 5.14. The molecule has 20 heavy (non-hydrogen) atoms. The number of ether oxygens (including phenoxy) is 1. The van der Waals surface area contributed by atoms with Crippen molar-refractivity contribution < 1.29 is 9.84 Å². The molecule has 118 valence electrons.